The Labute approximate surface area is 117 Å². The van der Waals surface area contributed by atoms with Gasteiger partial charge in [0.25, 0.3) is 5.69 Å². The molecule has 0 saturated heterocycles. The third-order valence-electron chi connectivity index (χ3n) is 3.26. The van der Waals surface area contributed by atoms with Crippen LogP contribution in [0.5, 0.6) is 0 Å². The van der Waals surface area contributed by atoms with Crippen molar-refractivity contribution in [2.45, 2.75) is 38.6 Å². The Morgan fingerprint density at radius 2 is 2.20 bits per heavy atom. The Bertz CT molecular complexity index is 512. The number of aryl methyl sites for hydroxylation is 1. The molecule has 2 rings (SSSR count). The molecule has 1 amide bonds. The Morgan fingerprint density at radius 3 is 2.80 bits per heavy atom. The van der Waals surface area contributed by atoms with Crippen molar-refractivity contribution in [3.05, 3.63) is 33.9 Å². The zero-order chi connectivity index (χ0) is 14.5. The van der Waals surface area contributed by atoms with Crippen LogP contribution in [-0.4, -0.2) is 23.4 Å². The van der Waals surface area contributed by atoms with Crippen molar-refractivity contribution in [1.29, 1.82) is 0 Å². The summed E-state index contributed by atoms with van der Waals surface area (Å²) in [6, 6.07) is 5.14. The summed E-state index contributed by atoms with van der Waals surface area (Å²) in [6.07, 6.45) is 3.46. The maximum atomic E-state index is 11.5. The Morgan fingerprint density at radius 1 is 1.45 bits per heavy atom. The van der Waals surface area contributed by atoms with Crippen LogP contribution in [0, 0.1) is 17.0 Å². The van der Waals surface area contributed by atoms with E-state index in [-0.39, 0.29) is 11.6 Å². The molecule has 20 heavy (non-hydrogen) atoms. The van der Waals surface area contributed by atoms with E-state index >= 15 is 0 Å². The van der Waals surface area contributed by atoms with Gasteiger partial charge in [-0.3, -0.25) is 14.9 Å². The summed E-state index contributed by atoms with van der Waals surface area (Å²) in [6.45, 7) is 2.51. The number of amides is 1. The van der Waals surface area contributed by atoms with Gasteiger partial charge in [0.1, 0.15) is 0 Å². The van der Waals surface area contributed by atoms with Crippen LogP contribution in [0.2, 0.25) is 0 Å². The molecule has 1 aromatic carbocycles. The monoisotopic (exact) mass is 277 g/mol. The molecule has 0 unspecified atom stereocenters. The van der Waals surface area contributed by atoms with Gasteiger partial charge >= 0.3 is 0 Å². The van der Waals surface area contributed by atoms with E-state index in [1.165, 1.54) is 6.07 Å². The number of non-ortho nitro benzene ring substituents is 1. The third-order valence-corrected chi connectivity index (χ3v) is 3.26. The van der Waals surface area contributed by atoms with Gasteiger partial charge in [0.2, 0.25) is 5.91 Å². The van der Waals surface area contributed by atoms with Crippen molar-refractivity contribution in [2.75, 3.05) is 11.9 Å². The quantitative estimate of drug-likeness (QED) is 0.455. The second-order valence-corrected chi connectivity index (χ2v) is 5.13. The predicted octanol–water partition coefficient (Wildman–Crippen LogP) is 2.37. The highest BCUT2D eigenvalue weighted by Gasteiger charge is 2.22. The maximum Gasteiger partial charge on any atom is 0.269 e. The number of anilines is 1. The number of nitro benzene ring substituents is 1. The standard InChI is InChI=1S/C14H19N3O3/c1-10-9-12(17(19)20)6-7-13(10)15-8-2-3-14(18)16-11-4-5-11/h6-7,9,11,15H,2-5,8H2,1H3,(H,16,18). The van der Waals surface area contributed by atoms with Crippen molar-refractivity contribution in [3.8, 4) is 0 Å². The Kier molecular flexibility index (Phi) is 4.55. The Hall–Kier alpha value is -2.11. The van der Waals surface area contributed by atoms with Crippen molar-refractivity contribution in [1.82, 2.24) is 5.32 Å². The molecule has 0 bridgehead atoms. The Balaban J connectivity index is 1.73. The zero-order valence-corrected chi connectivity index (χ0v) is 11.5. The molecule has 6 nitrogen and oxygen atoms in total. The van der Waals surface area contributed by atoms with Gasteiger partial charge in [-0.2, -0.15) is 0 Å². The van der Waals surface area contributed by atoms with Crippen molar-refractivity contribution >= 4 is 17.3 Å². The number of nitro groups is 1. The second kappa shape index (κ2) is 6.36. The third kappa shape index (κ3) is 4.22. The molecule has 1 aliphatic carbocycles. The molecular weight excluding hydrogens is 258 g/mol. The number of benzene rings is 1. The van der Waals surface area contributed by atoms with Gasteiger partial charge < -0.3 is 10.6 Å². The predicted molar refractivity (Wildman–Crippen MR) is 76.7 cm³/mol. The fourth-order valence-corrected chi connectivity index (χ4v) is 1.96. The number of carbonyl (C=O) groups is 1. The molecule has 0 heterocycles. The van der Waals surface area contributed by atoms with Crippen LogP contribution in [0.25, 0.3) is 0 Å². The number of nitrogens with one attached hydrogen (secondary N) is 2. The van der Waals surface area contributed by atoms with Gasteiger partial charge in [0.05, 0.1) is 4.92 Å². The number of rotatable bonds is 7. The normalized spacial score (nSPS) is 13.8. The van der Waals surface area contributed by atoms with Crippen molar-refractivity contribution in [2.24, 2.45) is 0 Å². The largest absolute Gasteiger partial charge is 0.385 e. The first-order chi connectivity index (χ1) is 9.56. The van der Waals surface area contributed by atoms with Crippen LogP contribution in [0.15, 0.2) is 18.2 Å². The van der Waals surface area contributed by atoms with Gasteiger partial charge in [-0.15, -0.1) is 0 Å². The number of hydrogen-bond donors (Lipinski definition) is 2. The van der Waals surface area contributed by atoms with Crippen LogP contribution in [-0.2, 0) is 4.79 Å². The molecule has 0 aliphatic heterocycles. The number of hydrogen-bond acceptors (Lipinski definition) is 4. The minimum atomic E-state index is -0.404. The fraction of sp³-hybridized carbons (Fsp3) is 0.500. The summed E-state index contributed by atoms with van der Waals surface area (Å²) in [5, 5.41) is 16.8. The van der Waals surface area contributed by atoms with E-state index in [4.69, 9.17) is 0 Å². The van der Waals surface area contributed by atoms with Crippen molar-refractivity contribution in [3.63, 3.8) is 0 Å². The summed E-state index contributed by atoms with van der Waals surface area (Å²) in [5.41, 5.74) is 1.80. The lowest BCUT2D eigenvalue weighted by Crippen LogP contribution is -2.25. The molecule has 1 fully saturated rings. The first kappa shape index (κ1) is 14.3. The van der Waals surface area contributed by atoms with E-state index in [0.29, 0.717) is 19.0 Å². The highest BCUT2D eigenvalue weighted by atomic mass is 16.6. The average molecular weight is 277 g/mol. The zero-order valence-electron chi connectivity index (χ0n) is 11.5. The molecular formula is C14H19N3O3. The molecule has 0 atom stereocenters. The van der Waals surface area contributed by atoms with Gasteiger partial charge in [-0.1, -0.05) is 0 Å². The summed E-state index contributed by atoms with van der Waals surface area (Å²) in [5.74, 6) is 0.106. The lowest BCUT2D eigenvalue weighted by molar-refractivity contribution is -0.384. The molecule has 0 spiro atoms. The van der Waals surface area contributed by atoms with E-state index in [0.717, 1.165) is 30.5 Å². The minimum Gasteiger partial charge on any atom is -0.385 e. The van der Waals surface area contributed by atoms with Gasteiger partial charge in [0, 0.05) is 36.8 Å². The highest BCUT2D eigenvalue weighted by Crippen LogP contribution is 2.21. The van der Waals surface area contributed by atoms with Gasteiger partial charge in [-0.05, 0) is 37.8 Å². The molecule has 108 valence electrons. The number of carbonyl (C=O) groups excluding carboxylic acids is 1. The van der Waals surface area contributed by atoms with Crippen LogP contribution in [0.3, 0.4) is 0 Å². The van der Waals surface area contributed by atoms with Gasteiger partial charge in [-0.25, -0.2) is 0 Å². The molecule has 1 aromatic rings. The molecule has 1 saturated carbocycles. The summed E-state index contributed by atoms with van der Waals surface area (Å²) in [7, 11) is 0. The van der Waals surface area contributed by atoms with E-state index in [9.17, 15) is 14.9 Å². The molecule has 0 aromatic heterocycles. The maximum absolute atomic E-state index is 11.5. The second-order valence-electron chi connectivity index (χ2n) is 5.13. The highest BCUT2D eigenvalue weighted by molar-refractivity contribution is 5.76. The van der Waals surface area contributed by atoms with Crippen LogP contribution in [0.1, 0.15) is 31.2 Å². The summed E-state index contributed by atoms with van der Waals surface area (Å²) >= 11 is 0. The molecule has 0 radical (unpaired) electrons. The first-order valence-electron chi connectivity index (χ1n) is 6.84. The van der Waals surface area contributed by atoms with E-state index in [1.807, 2.05) is 6.92 Å². The van der Waals surface area contributed by atoms with E-state index in [2.05, 4.69) is 10.6 Å². The molecule has 2 N–H and O–H groups in total. The average Bonchev–Trinajstić information content (AvgIpc) is 3.19. The topological polar surface area (TPSA) is 84.3 Å². The molecule has 1 aliphatic rings. The summed E-state index contributed by atoms with van der Waals surface area (Å²) in [4.78, 5) is 21.7. The lowest BCUT2D eigenvalue weighted by Gasteiger charge is -2.09. The summed E-state index contributed by atoms with van der Waals surface area (Å²) < 4.78 is 0. The fourth-order valence-electron chi connectivity index (χ4n) is 1.96. The van der Waals surface area contributed by atoms with Crippen molar-refractivity contribution < 1.29 is 9.72 Å². The van der Waals surface area contributed by atoms with E-state index < -0.39 is 4.92 Å². The first-order valence-corrected chi connectivity index (χ1v) is 6.84. The van der Waals surface area contributed by atoms with Crippen LogP contribution >= 0.6 is 0 Å². The molecule has 6 heteroatoms. The minimum absolute atomic E-state index is 0.0943. The van der Waals surface area contributed by atoms with Gasteiger partial charge in [0.15, 0.2) is 0 Å². The van der Waals surface area contributed by atoms with E-state index in [1.54, 1.807) is 12.1 Å². The smallest absolute Gasteiger partial charge is 0.269 e. The number of nitrogens with zero attached hydrogens (tertiary/aromatic N) is 1. The van der Waals surface area contributed by atoms with Crippen LogP contribution in [0.4, 0.5) is 11.4 Å². The lowest BCUT2D eigenvalue weighted by atomic mass is 10.1. The van der Waals surface area contributed by atoms with Crippen LogP contribution < -0.4 is 10.6 Å². The SMILES string of the molecule is Cc1cc([N+](=O)[O-])ccc1NCCCC(=O)NC1CC1.